The summed E-state index contributed by atoms with van der Waals surface area (Å²) in [4.78, 5) is 23.2. The number of aromatic nitrogens is 2. The SMILES string of the molecule is O=C(NC(CO)c1ccccc1)C1CCCN(c2ncccn2)C1. The Morgan fingerprint density at radius 1 is 1.25 bits per heavy atom. The van der Waals surface area contributed by atoms with E-state index in [-0.39, 0.29) is 24.5 Å². The van der Waals surface area contributed by atoms with Crippen molar-refractivity contribution in [1.82, 2.24) is 15.3 Å². The van der Waals surface area contributed by atoms with Crippen LogP contribution in [0, 0.1) is 5.92 Å². The maximum atomic E-state index is 12.6. The van der Waals surface area contributed by atoms with Gasteiger partial charge in [-0.1, -0.05) is 30.3 Å². The van der Waals surface area contributed by atoms with E-state index in [1.807, 2.05) is 35.2 Å². The lowest BCUT2D eigenvalue weighted by molar-refractivity contribution is -0.126. The van der Waals surface area contributed by atoms with Gasteiger partial charge in [-0.2, -0.15) is 0 Å². The van der Waals surface area contributed by atoms with Crippen molar-refractivity contribution in [2.75, 3.05) is 24.6 Å². The number of carbonyl (C=O) groups is 1. The van der Waals surface area contributed by atoms with Gasteiger partial charge in [-0.15, -0.1) is 0 Å². The number of anilines is 1. The molecular weight excluding hydrogens is 304 g/mol. The number of nitrogens with zero attached hydrogens (tertiary/aromatic N) is 3. The number of aliphatic hydroxyl groups is 1. The number of hydrogen-bond donors (Lipinski definition) is 2. The molecule has 126 valence electrons. The Hall–Kier alpha value is -2.47. The first-order valence-corrected chi connectivity index (χ1v) is 8.26. The maximum absolute atomic E-state index is 12.6. The van der Waals surface area contributed by atoms with E-state index in [0.717, 1.165) is 24.9 Å². The zero-order valence-electron chi connectivity index (χ0n) is 13.5. The first kappa shape index (κ1) is 16.4. The fraction of sp³-hybridized carbons (Fsp3) is 0.389. The minimum atomic E-state index is -0.373. The van der Waals surface area contributed by atoms with Crippen molar-refractivity contribution in [3.63, 3.8) is 0 Å². The summed E-state index contributed by atoms with van der Waals surface area (Å²) in [6.07, 6.45) is 5.18. The van der Waals surface area contributed by atoms with Crippen LogP contribution in [0.25, 0.3) is 0 Å². The summed E-state index contributed by atoms with van der Waals surface area (Å²) in [7, 11) is 0. The molecular formula is C18H22N4O2. The van der Waals surface area contributed by atoms with Crippen LogP contribution in [0.4, 0.5) is 5.95 Å². The molecule has 0 radical (unpaired) electrons. The van der Waals surface area contributed by atoms with E-state index in [9.17, 15) is 9.90 Å². The van der Waals surface area contributed by atoms with E-state index in [4.69, 9.17) is 0 Å². The van der Waals surface area contributed by atoms with E-state index in [0.29, 0.717) is 12.5 Å². The van der Waals surface area contributed by atoms with Crippen LogP contribution < -0.4 is 10.2 Å². The van der Waals surface area contributed by atoms with E-state index < -0.39 is 0 Å². The third-order valence-corrected chi connectivity index (χ3v) is 4.33. The Morgan fingerprint density at radius 2 is 2.00 bits per heavy atom. The number of benzene rings is 1. The van der Waals surface area contributed by atoms with Gasteiger partial charge in [-0.05, 0) is 24.5 Å². The number of aliphatic hydroxyl groups excluding tert-OH is 1. The summed E-state index contributed by atoms with van der Waals surface area (Å²) >= 11 is 0. The third-order valence-electron chi connectivity index (χ3n) is 4.33. The van der Waals surface area contributed by atoms with Gasteiger partial charge in [0.05, 0.1) is 18.6 Å². The van der Waals surface area contributed by atoms with Crippen LogP contribution in [0.2, 0.25) is 0 Å². The molecule has 0 spiro atoms. The number of piperidine rings is 1. The molecule has 2 atom stereocenters. The molecule has 1 fully saturated rings. The van der Waals surface area contributed by atoms with Crippen molar-refractivity contribution >= 4 is 11.9 Å². The van der Waals surface area contributed by atoms with Crippen LogP contribution in [0.1, 0.15) is 24.4 Å². The lowest BCUT2D eigenvalue weighted by Gasteiger charge is -2.32. The van der Waals surface area contributed by atoms with Gasteiger partial charge < -0.3 is 15.3 Å². The standard InChI is InChI=1S/C18H22N4O2/c23-13-16(14-6-2-1-3-7-14)21-17(24)15-8-4-11-22(12-15)18-19-9-5-10-20-18/h1-3,5-7,9-10,15-16,23H,4,8,11-13H2,(H,21,24). The molecule has 6 nitrogen and oxygen atoms in total. The predicted molar refractivity (Wildman–Crippen MR) is 91.4 cm³/mol. The first-order valence-electron chi connectivity index (χ1n) is 8.26. The Labute approximate surface area is 141 Å². The Kier molecular flexibility index (Phi) is 5.38. The molecule has 1 aromatic heterocycles. The Bertz CT molecular complexity index is 651. The van der Waals surface area contributed by atoms with Crippen molar-refractivity contribution in [1.29, 1.82) is 0 Å². The van der Waals surface area contributed by atoms with E-state index >= 15 is 0 Å². The molecule has 2 aromatic rings. The normalized spacial score (nSPS) is 18.9. The minimum absolute atomic E-state index is 0.0291. The molecule has 0 bridgehead atoms. The molecule has 1 amide bonds. The van der Waals surface area contributed by atoms with Gasteiger partial charge in [0.15, 0.2) is 0 Å². The van der Waals surface area contributed by atoms with Gasteiger partial charge in [-0.3, -0.25) is 4.79 Å². The highest BCUT2D eigenvalue weighted by Gasteiger charge is 2.28. The van der Waals surface area contributed by atoms with E-state index in [2.05, 4.69) is 15.3 Å². The molecule has 1 saturated heterocycles. The van der Waals surface area contributed by atoms with E-state index in [1.165, 1.54) is 0 Å². The van der Waals surface area contributed by atoms with Gasteiger partial charge in [0.1, 0.15) is 0 Å². The van der Waals surface area contributed by atoms with Crippen molar-refractivity contribution in [2.24, 2.45) is 5.92 Å². The van der Waals surface area contributed by atoms with Gasteiger partial charge in [-0.25, -0.2) is 9.97 Å². The first-order chi connectivity index (χ1) is 11.8. The van der Waals surface area contributed by atoms with Crippen LogP contribution >= 0.6 is 0 Å². The monoisotopic (exact) mass is 326 g/mol. The zero-order chi connectivity index (χ0) is 16.8. The number of rotatable bonds is 5. The minimum Gasteiger partial charge on any atom is -0.394 e. The highest BCUT2D eigenvalue weighted by Crippen LogP contribution is 2.21. The lowest BCUT2D eigenvalue weighted by Crippen LogP contribution is -2.45. The van der Waals surface area contributed by atoms with Gasteiger partial charge >= 0.3 is 0 Å². The van der Waals surface area contributed by atoms with Gasteiger partial charge in [0.25, 0.3) is 0 Å². The summed E-state index contributed by atoms with van der Waals surface area (Å²) < 4.78 is 0. The fourth-order valence-corrected chi connectivity index (χ4v) is 3.04. The second kappa shape index (κ2) is 7.88. The molecule has 3 rings (SSSR count). The molecule has 6 heteroatoms. The fourth-order valence-electron chi connectivity index (χ4n) is 3.04. The molecule has 2 heterocycles. The molecule has 1 aromatic carbocycles. The summed E-state index contributed by atoms with van der Waals surface area (Å²) in [6.45, 7) is 1.34. The second-order valence-corrected chi connectivity index (χ2v) is 5.99. The summed E-state index contributed by atoms with van der Waals surface area (Å²) in [5.41, 5.74) is 0.910. The van der Waals surface area contributed by atoms with Crippen LogP contribution in [0.5, 0.6) is 0 Å². The molecule has 1 aliphatic heterocycles. The van der Waals surface area contributed by atoms with E-state index in [1.54, 1.807) is 18.5 Å². The molecule has 2 unspecified atom stereocenters. The number of amides is 1. The van der Waals surface area contributed by atoms with Crippen molar-refractivity contribution in [2.45, 2.75) is 18.9 Å². The van der Waals surface area contributed by atoms with Gasteiger partial charge in [0, 0.05) is 25.5 Å². The molecule has 2 N–H and O–H groups in total. The smallest absolute Gasteiger partial charge is 0.225 e. The molecule has 0 aliphatic carbocycles. The highest BCUT2D eigenvalue weighted by molar-refractivity contribution is 5.80. The Morgan fingerprint density at radius 3 is 2.71 bits per heavy atom. The topological polar surface area (TPSA) is 78.4 Å². The average Bonchev–Trinajstić information content (AvgIpc) is 2.67. The molecule has 1 aliphatic rings. The van der Waals surface area contributed by atoms with Crippen molar-refractivity contribution in [3.05, 3.63) is 54.4 Å². The second-order valence-electron chi connectivity index (χ2n) is 5.99. The average molecular weight is 326 g/mol. The van der Waals surface area contributed by atoms with Crippen LogP contribution in [0.15, 0.2) is 48.8 Å². The zero-order valence-corrected chi connectivity index (χ0v) is 13.5. The van der Waals surface area contributed by atoms with Crippen LogP contribution in [-0.4, -0.2) is 40.7 Å². The third kappa shape index (κ3) is 3.89. The lowest BCUT2D eigenvalue weighted by atomic mass is 9.96. The molecule has 0 saturated carbocycles. The Balaban J connectivity index is 1.64. The predicted octanol–water partition coefficient (Wildman–Crippen LogP) is 1.54. The maximum Gasteiger partial charge on any atom is 0.225 e. The van der Waals surface area contributed by atoms with Crippen LogP contribution in [0.3, 0.4) is 0 Å². The van der Waals surface area contributed by atoms with Crippen molar-refractivity contribution < 1.29 is 9.90 Å². The summed E-state index contributed by atoms with van der Waals surface area (Å²) in [5.74, 6) is 0.510. The molecule has 24 heavy (non-hydrogen) atoms. The van der Waals surface area contributed by atoms with Crippen molar-refractivity contribution in [3.8, 4) is 0 Å². The quantitative estimate of drug-likeness (QED) is 0.871. The van der Waals surface area contributed by atoms with Gasteiger partial charge in [0.2, 0.25) is 11.9 Å². The number of hydrogen-bond acceptors (Lipinski definition) is 5. The van der Waals surface area contributed by atoms with Crippen LogP contribution in [-0.2, 0) is 4.79 Å². The number of nitrogens with one attached hydrogen (secondary N) is 1. The summed E-state index contributed by atoms with van der Waals surface area (Å²) in [5, 5.41) is 12.6. The largest absolute Gasteiger partial charge is 0.394 e. The summed E-state index contributed by atoms with van der Waals surface area (Å²) in [6, 6.07) is 10.9. The number of carbonyl (C=O) groups excluding carboxylic acids is 1. The highest BCUT2D eigenvalue weighted by atomic mass is 16.3.